The van der Waals surface area contributed by atoms with E-state index in [9.17, 15) is 0 Å². The van der Waals surface area contributed by atoms with E-state index in [1.807, 2.05) is 24.4 Å². The van der Waals surface area contributed by atoms with Crippen LogP contribution in [0, 0.1) is 0 Å². The van der Waals surface area contributed by atoms with Gasteiger partial charge in [-0.3, -0.25) is 0 Å². The summed E-state index contributed by atoms with van der Waals surface area (Å²) in [5, 5.41) is 6.89. The van der Waals surface area contributed by atoms with Gasteiger partial charge >= 0.3 is 0 Å². The van der Waals surface area contributed by atoms with Crippen LogP contribution in [0.15, 0.2) is 67.1 Å². The van der Waals surface area contributed by atoms with Crippen LogP contribution < -0.4 is 4.90 Å². The van der Waals surface area contributed by atoms with Gasteiger partial charge in [-0.1, -0.05) is 24.3 Å². The van der Waals surface area contributed by atoms with Gasteiger partial charge in [0, 0.05) is 42.0 Å². The zero-order valence-corrected chi connectivity index (χ0v) is 16.7. The van der Waals surface area contributed by atoms with Crippen LogP contribution in [-0.2, 0) is 0 Å². The number of benzene rings is 2. The zero-order chi connectivity index (χ0) is 19.8. The van der Waals surface area contributed by atoms with E-state index >= 15 is 0 Å². The second kappa shape index (κ2) is 7.29. The minimum Gasteiger partial charge on any atom is -0.370 e. The molecule has 2 aromatic carbocycles. The summed E-state index contributed by atoms with van der Waals surface area (Å²) in [6.45, 7) is 2.17. The van der Waals surface area contributed by atoms with E-state index in [1.165, 1.54) is 12.1 Å². The van der Waals surface area contributed by atoms with E-state index in [1.54, 1.807) is 11.0 Å². The van der Waals surface area contributed by atoms with Gasteiger partial charge in [0.1, 0.15) is 6.33 Å². The second-order valence-corrected chi connectivity index (χ2v) is 7.77. The van der Waals surface area contributed by atoms with Crippen molar-refractivity contribution in [1.29, 1.82) is 0 Å². The van der Waals surface area contributed by atoms with Crippen molar-refractivity contribution in [3.63, 3.8) is 0 Å². The number of rotatable bonds is 4. The molecule has 0 saturated carbocycles. The molecule has 0 aliphatic carbocycles. The normalized spacial score (nSPS) is 16.8. The monoisotopic (exact) mass is 384 g/mol. The molecule has 0 radical (unpaired) electrons. The van der Waals surface area contributed by atoms with Crippen LogP contribution in [0.4, 0.5) is 5.69 Å². The summed E-state index contributed by atoms with van der Waals surface area (Å²) >= 11 is 0. The molecule has 4 aromatic rings. The molecule has 5 rings (SSSR count). The Morgan fingerprint density at radius 1 is 0.966 bits per heavy atom. The molecule has 3 heterocycles. The first-order chi connectivity index (χ1) is 14.2. The topological polar surface area (TPSA) is 50.1 Å². The van der Waals surface area contributed by atoms with Crippen molar-refractivity contribution in [3.05, 3.63) is 67.1 Å². The van der Waals surface area contributed by atoms with Crippen LogP contribution in [0.5, 0.6) is 0 Å². The van der Waals surface area contributed by atoms with Crippen molar-refractivity contribution in [3.8, 4) is 17.2 Å². The molecule has 0 spiro atoms. The lowest BCUT2D eigenvalue weighted by atomic mass is 10.1. The first-order valence-corrected chi connectivity index (χ1v) is 9.96. The molecule has 0 bridgehead atoms. The quantitative estimate of drug-likeness (QED) is 0.538. The van der Waals surface area contributed by atoms with Crippen LogP contribution >= 0.6 is 0 Å². The van der Waals surface area contributed by atoms with Gasteiger partial charge in [-0.25, -0.2) is 14.6 Å². The Morgan fingerprint density at radius 3 is 2.59 bits per heavy atom. The summed E-state index contributed by atoms with van der Waals surface area (Å²) in [6.07, 6.45) is 4.75. The van der Waals surface area contributed by atoms with Gasteiger partial charge < -0.3 is 9.80 Å². The van der Waals surface area contributed by atoms with E-state index in [4.69, 9.17) is 0 Å². The molecule has 2 aromatic heterocycles. The lowest BCUT2D eigenvalue weighted by Gasteiger charge is -2.21. The predicted octanol–water partition coefficient (Wildman–Crippen LogP) is 3.62. The van der Waals surface area contributed by atoms with E-state index < -0.39 is 0 Å². The molecule has 146 valence electrons. The fraction of sp³-hybridized carbons (Fsp3) is 0.261. The first-order valence-electron chi connectivity index (χ1n) is 9.96. The highest BCUT2D eigenvalue weighted by molar-refractivity contribution is 5.88. The minimum atomic E-state index is 0.625. The third-order valence-corrected chi connectivity index (χ3v) is 5.75. The van der Waals surface area contributed by atoms with Crippen LogP contribution in [0.25, 0.3) is 28.0 Å². The Kier molecular flexibility index (Phi) is 4.48. The summed E-state index contributed by atoms with van der Waals surface area (Å²) in [6, 6.07) is 19.4. The standard InChI is InChI=1S/C23H24N6/c1-27(2)20-12-14-28(15-20)19-9-7-18(8-10-19)22-25-16-29(26-22)23-21-6-4-3-5-17(21)11-13-24-23/h3-11,13,16,20H,12,14-15H2,1-2H3/t20-/m1/s1. The van der Waals surface area contributed by atoms with Gasteiger partial charge in [-0.2, -0.15) is 0 Å². The third kappa shape index (κ3) is 3.36. The lowest BCUT2D eigenvalue weighted by Crippen LogP contribution is -2.31. The Morgan fingerprint density at radius 2 is 1.79 bits per heavy atom. The second-order valence-electron chi connectivity index (χ2n) is 7.77. The van der Waals surface area contributed by atoms with E-state index in [-0.39, 0.29) is 0 Å². The molecule has 6 heteroatoms. The molecule has 1 aliphatic rings. The zero-order valence-electron chi connectivity index (χ0n) is 16.7. The Labute approximate surface area is 170 Å². The van der Waals surface area contributed by atoms with Crippen molar-refractivity contribution >= 4 is 16.5 Å². The number of fused-ring (bicyclic) bond motifs is 1. The highest BCUT2D eigenvalue weighted by Gasteiger charge is 2.24. The number of hydrogen-bond acceptors (Lipinski definition) is 5. The molecule has 0 unspecified atom stereocenters. The van der Waals surface area contributed by atoms with Crippen LogP contribution in [0.2, 0.25) is 0 Å². The van der Waals surface area contributed by atoms with Crippen molar-refractivity contribution < 1.29 is 0 Å². The number of aromatic nitrogens is 4. The number of pyridine rings is 1. The number of nitrogens with zero attached hydrogens (tertiary/aromatic N) is 6. The number of anilines is 1. The molecular weight excluding hydrogens is 360 g/mol. The van der Waals surface area contributed by atoms with Crippen LogP contribution in [0.1, 0.15) is 6.42 Å². The van der Waals surface area contributed by atoms with Gasteiger partial charge in [-0.15, -0.1) is 5.10 Å². The molecule has 1 aliphatic heterocycles. The predicted molar refractivity (Wildman–Crippen MR) is 116 cm³/mol. The maximum Gasteiger partial charge on any atom is 0.181 e. The highest BCUT2D eigenvalue weighted by atomic mass is 15.4. The van der Waals surface area contributed by atoms with E-state index in [0.717, 1.165) is 35.2 Å². The van der Waals surface area contributed by atoms with Gasteiger partial charge in [-0.05, 0) is 56.2 Å². The average Bonchev–Trinajstić information content (AvgIpc) is 3.44. The molecule has 29 heavy (non-hydrogen) atoms. The van der Waals surface area contributed by atoms with Crippen LogP contribution in [-0.4, -0.2) is 57.9 Å². The van der Waals surface area contributed by atoms with Crippen LogP contribution in [0.3, 0.4) is 0 Å². The fourth-order valence-electron chi connectivity index (χ4n) is 4.00. The van der Waals surface area contributed by atoms with Crippen molar-refractivity contribution in [2.45, 2.75) is 12.5 Å². The molecule has 1 saturated heterocycles. The van der Waals surface area contributed by atoms with Gasteiger partial charge in [0.2, 0.25) is 0 Å². The summed E-state index contributed by atoms with van der Waals surface area (Å²) in [4.78, 5) is 13.8. The number of hydrogen-bond donors (Lipinski definition) is 0. The lowest BCUT2D eigenvalue weighted by molar-refractivity contribution is 0.315. The van der Waals surface area contributed by atoms with Crippen molar-refractivity contribution in [2.24, 2.45) is 0 Å². The number of likely N-dealkylation sites (N-methyl/N-ethyl adjacent to an activating group) is 1. The maximum absolute atomic E-state index is 4.69. The third-order valence-electron chi connectivity index (χ3n) is 5.75. The molecule has 1 atom stereocenters. The van der Waals surface area contributed by atoms with Gasteiger partial charge in [0.15, 0.2) is 11.6 Å². The van der Waals surface area contributed by atoms with E-state index in [2.05, 4.69) is 75.4 Å². The molecule has 0 amide bonds. The maximum atomic E-state index is 4.69. The Balaban J connectivity index is 1.40. The summed E-state index contributed by atoms with van der Waals surface area (Å²) in [5.41, 5.74) is 2.27. The van der Waals surface area contributed by atoms with Crippen molar-refractivity contribution in [1.82, 2.24) is 24.6 Å². The first kappa shape index (κ1) is 17.8. The summed E-state index contributed by atoms with van der Waals surface area (Å²) in [5.74, 6) is 1.50. The summed E-state index contributed by atoms with van der Waals surface area (Å²) in [7, 11) is 4.31. The largest absolute Gasteiger partial charge is 0.370 e. The minimum absolute atomic E-state index is 0.625. The van der Waals surface area contributed by atoms with Gasteiger partial charge in [0.25, 0.3) is 0 Å². The summed E-state index contributed by atoms with van der Waals surface area (Å²) < 4.78 is 1.76. The molecule has 1 fully saturated rings. The molecule has 0 N–H and O–H groups in total. The van der Waals surface area contributed by atoms with Gasteiger partial charge in [0.05, 0.1) is 0 Å². The fourth-order valence-corrected chi connectivity index (χ4v) is 4.00. The average molecular weight is 384 g/mol. The Bertz CT molecular complexity index is 1130. The highest BCUT2D eigenvalue weighted by Crippen LogP contribution is 2.26. The smallest absolute Gasteiger partial charge is 0.181 e. The van der Waals surface area contributed by atoms with Crippen molar-refractivity contribution in [2.75, 3.05) is 32.1 Å². The Hall–Kier alpha value is -3.25. The van der Waals surface area contributed by atoms with E-state index in [0.29, 0.717) is 11.9 Å². The SMILES string of the molecule is CN(C)[C@@H]1CCN(c2ccc(-c3ncn(-c4nccc5ccccc45)n3)cc2)C1. The molecular formula is C23H24N6. The molecule has 6 nitrogen and oxygen atoms in total.